The highest BCUT2D eigenvalue weighted by atomic mass is 35.5. The van der Waals surface area contributed by atoms with E-state index in [2.05, 4.69) is 30.7 Å². The summed E-state index contributed by atoms with van der Waals surface area (Å²) in [7, 11) is 1.81. The van der Waals surface area contributed by atoms with Crippen molar-refractivity contribution in [1.29, 1.82) is 0 Å². The van der Waals surface area contributed by atoms with Crippen molar-refractivity contribution in [2.45, 2.75) is 6.54 Å². The van der Waals surface area contributed by atoms with Gasteiger partial charge in [-0.05, 0) is 11.6 Å². The first kappa shape index (κ1) is 15.2. The van der Waals surface area contributed by atoms with Crippen LogP contribution in [0.3, 0.4) is 0 Å². The van der Waals surface area contributed by atoms with Gasteiger partial charge in [-0.25, -0.2) is 9.37 Å². The molecule has 9 heteroatoms. The molecule has 0 unspecified atom stereocenters. The van der Waals surface area contributed by atoms with Gasteiger partial charge in [0.1, 0.15) is 10.8 Å². The summed E-state index contributed by atoms with van der Waals surface area (Å²) < 4.78 is 14.8. The van der Waals surface area contributed by atoms with Gasteiger partial charge in [0.05, 0.1) is 24.3 Å². The van der Waals surface area contributed by atoms with Gasteiger partial charge in [0.25, 0.3) is 0 Å². The second-order valence-electron chi connectivity index (χ2n) is 4.78. The van der Waals surface area contributed by atoms with Crippen molar-refractivity contribution in [3.05, 3.63) is 53.5 Å². The van der Waals surface area contributed by atoms with Crippen LogP contribution in [0.15, 0.2) is 37.1 Å². The molecule has 0 saturated heterocycles. The van der Waals surface area contributed by atoms with Crippen molar-refractivity contribution in [3.8, 4) is 0 Å². The van der Waals surface area contributed by atoms with Crippen LogP contribution < -0.4 is 10.6 Å². The van der Waals surface area contributed by atoms with Crippen molar-refractivity contribution in [2.75, 3.05) is 10.6 Å². The Morgan fingerprint density at radius 3 is 2.87 bits per heavy atom. The monoisotopic (exact) mass is 333 g/mol. The lowest BCUT2D eigenvalue weighted by atomic mass is 10.3. The molecule has 3 aromatic rings. The SMILES string of the molecule is Cn1cc(Nc2ncc(Cl)c(NCc3cncc(F)c3)n2)cn1. The minimum absolute atomic E-state index is 0.341. The average molecular weight is 334 g/mol. The first-order chi connectivity index (χ1) is 11.1. The Bertz CT molecular complexity index is 820. The number of hydrogen-bond acceptors (Lipinski definition) is 6. The Balaban J connectivity index is 1.72. The fraction of sp³-hybridized carbons (Fsp3) is 0.143. The van der Waals surface area contributed by atoms with Gasteiger partial charge < -0.3 is 10.6 Å². The van der Waals surface area contributed by atoms with Crippen LogP contribution in [0.4, 0.5) is 21.8 Å². The third kappa shape index (κ3) is 3.92. The molecule has 0 fully saturated rings. The molecular weight excluding hydrogens is 321 g/mol. The zero-order chi connectivity index (χ0) is 16.2. The fourth-order valence-corrected chi connectivity index (χ4v) is 2.06. The first-order valence-corrected chi connectivity index (χ1v) is 7.09. The minimum atomic E-state index is -0.392. The van der Waals surface area contributed by atoms with Crippen LogP contribution in [0.1, 0.15) is 5.56 Å². The standard InChI is InChI=1S/C14H13ClFN7/c1-23-8-11(6-20-23)21-14-19-7-12(15)13(22-14)18-4-9-2-10(16)5-17-3-9/h2-3,5-8H,4H2,1H3,(H2,18,19,21,22). The molecule has 3 aromatic heterocycles. The van der Waals surface area contributed by atoms with Gasteiger partial charge in [-0.1, -0.05) is 11.6 Å². The zero-order valence-electron chi connectivity index (χ0n) is 12.2. The van der Waals surface area contributed by atoms with E-state index in [4.69, 9.17) is 11.6 Å². The van der Waals surface area contributed by atoms with E-state index >= 15 is 0 Å². The molecule has 7 nitrogen and oxygen atoms in total. The van der Waals surface area contributed by atoms with Crippen LogP contribution in [0.2, 0.25) is 5.02 Å². The van der Waals surface area contributed by atoms with Gasteiger partial charge in [0.2, 0.25) is 5.95 Å². The van der Waals surface area contributed by atoms with Crippen LogP contribution in [0.25, 0.3) is 0 Å². The van der Waals surface area contributed by atoms with Crippen LogP contribution in [0, 0.1) is 5.82 Å². The maximum absolute atomic E-state index is 13.1. The number of nitrogens with one attached hydrogen (secondary N) is 2. The summed E-state index contributed by atoms with van der Waals surface area (Å²) in [6, 6.07) is 1.39. The van der Waals surface area contributed by atoms with Gasteiger partial charge in [-0.3, -0.25) is 9.67 Å². The van der Waals surface area contributed by atoms with E-state index in [1.165, 1.54) is 12.3 Å². The van der Waals surface area contributed by atoms with Gasteiger partial charge in [-0.15, -0.1) is 0 Å². The molecule has 0 atom stereocenters. The Hall–Kier alpha value is -2.74. The highest BCUT2D eigenvalue weighted by molar-refractivity contribution is 6.32. The van der Waals surface area contributed by atoms with E-state index in [9.17, 15) is 4.39 Å². The third-order valence-corrected chi connectivity index (χ3v) is 3.20. The summed E-state index contributed by atoms with van der Waals surface area (Å²) in [6.45, 7) is 0.341. The summed E-state index contributed by atoms with van der Waals surface area (Å²) in [5.74, 6) is 0.427. The largest absolute Gasteiger partial charge is 0.365 e. The molecule has 118 valence electrons. The molecule has 0 amide bonds. The van der Waals surface area contributed by atoms with E-state index in [0.29, 0.717) is 28.9 Å². The smallest absolute Gasteiger partial charge is 0.229 e. The summed E-state index contributed by atoms with van der Waals surface area (Å²) >= 11 is 6.08. The third-order valence-electron chi connectivity index (χ3n) is 2.93. The van der Waals surface area contributed by atoms with E-state index in [0.717, 1.165) is 11.9 Å². The van der Waals surface area contributed by atoms with E-state index in [1.54, 1.807) is 23.3 Å². The molecule has 0 saturated carbocycles. The molecule has 0 aliphatic carbocycles. The van der Waals surface area contributed by atoms with E-state index < -0.39 is 5.82 Å². The second-order valence-corrected chi connectivity index (χ2v) is 5.19. The molecule has 3 rings (SSSR count). The summed E-state index contributed by atoms with van der Waals surface area (Å²) in [5, 5.41) is 10.5. The maximum Gasteiger partial charge on any atom is 0.229 e. The molecule has 23 heavy (non-hydrogen) atoms. The quantitative estimate of drug-likeness (QED) is 0.747. The predicted molar refractivity (Wildman–Crippen MR) is 85.1 cm³/mol. The molecule has 0 bridgehead atoms. The first-order valence-electron chi connectivity index (χ1n) is 6.71. The van der Waals surface area contributed by atoms with Crippen molar-refractivity contribution in [3.63, 3.8) is 0 Å². The molecule has 0 aliphatic heterocycles. The highest BCUT2D eigenvalue weighted by Crippen LogP contribution is 2.21. The van der Waals surface area contributed by atoms with Crippen LogP contribution in [-0.4, -0.2) is 24.7 Å². The molecule has 0 aromatic carbocycles. The Morgan fingerprint density at radius 1 is 1.26 bits per heavy atom. The summed E-state index contributed by atoms with van der Waals surface area (Å²) in [5.41, 5.74) is 1.44. The lowest BCUT2D eigenvalue weighted by Gasteiger charge is -2.09. The zero-order valence-corrected chi connectivity index (χ0v) is 12.9. The molecule has 2 N–H and O–H groups in total. The van der Waals surface area contributed by atoms with Crippen molar-refractivity contribution in [2.24, 2.45) is 7.05 Å². The number of aryl methyl sites for hydroxylation is 1. The molecule has 0 spiro atoms. The minimum Gasteiger partial charge on any atom is -0.365 e. The topological polar surface area (TPSA) is 80.5 Å². The number of nitrogens with zero attached hydrogens (tertiary/aromatic N) is 5. The van der Waals surface area contributed by atoms with Crippen LogP contribution >= 0.6 is 11.6 Å². The fourth-order valence-electron chi connectivity index (χ4n) is 1.90. The molecular formula is C14H13ClFN7. The van der Waals surface area contributed by atoms with Crippen LogP contribution in [0.5, 0.6) is 0 Å². The summed E-state index contributed by atoms with van der Waals surface area (Å²) in [4.78, 5) is 12.2. The number of hydrogen-bond donors (Lipinski definition) is 2. The predicted octanol–water partition coefficient (Wildman–Crippen LogP) is 2.75. The van der Waals surface area contributed by atoms with Crippen molar-refractivity contribution >= 4 is 29.1 Å². The molecule has 0 aliphatic rings. The number of anilines is 3. The van der Waals surface area contributed by atoms with Gasteiger partial charge in [0, 0.05) is 26.0 Å². The summed E-state index contributed by atoms with van der Waals surface area (Å²) in [6.07, 6.45) is 7.66. The van der Waals surface area contributed by atoms with E-state index in [1.807, 2.05) is 7.05 Å². The Kier molecular flexibility index (Phi) is 4.33. The van der Waals surface area contributed by atoms with Gasteiger partial charge in [0.15, 0.2) is 5.82 Å². The number of rotatable bonds is 5. The highest BCUT2D eigenvalue weighted by Gasteiger charge is 2.07. The molecule has 3 heterocycles. The number of aromatic nitrogens is 5. The van der Waals surface area contributed by atoms with Crippen LogP contribution in [-0.2, 0) is 13.6 Å². The van der Waals surface area contributed by atoms with Gasteiger partial charge >= 0.3 is 0 Å². The van der Waals surface area contributed by atoms with E-state index in [-0.39, 0.29) is 0 Å². The Morgan fingerprint density at radius 2 is 2.13 bits per heavy atom. The van der Waals surface area contributed by atoms with Gasteiger partial charge in [-0.2, -0.15) is 10.1 Å². The lowest BCUT2D eigenvalue weighted by Crippen LogP contribution is -2.05. The average Bonchev–Trinajstić information content (AvgIpc) is 2.93. The maximum atomic E-state index is 13.1. The Labute approximate surface area is 136 Å². The molecule has 0 radical (unpaired) electrons. The van der Waals surface area contributed by atoms with Crippen molar-refractivity contribution in [1.82, 2.24) is 24.7 Å². The van der Waals surface area contributed by atoms with Crippen molar-refractivity contribution < 1.29 is 4.39 Å². The number of halogens is 2. The lowest BCUT2D eigenvalue weighted by molar-refractivity contribution is 0.619. The number of pyridine rings is 1. The normalized spacial score (nSPS) is 10.6. The second kappa shape index (κ2) is 6.57.